The highest BCUT2D eigenvalue weighted by Crippen LogP contribution is 2.42. The van der Waals surface area contributed by atoms with E-state index in [9.17, 15) is 9.59 Å². The Morgan fingerprint density at radius 2 is 1.36 bits per heavy atom. The molecular formula is C20H28O2. The summed E-state index contributed by atoms with van der Waals surface area (Å²) in [7, 11) is 0. The Balaban J connectivity index is 3.19. The van der Waals surface area contributed by atoms with Gasteiger partial charge in [0.15, 0.2) is 0 Å². The highest BCUT2D eigenvalue weighted by Gasteiger charge is 2.47. The fourth-order valence-electron chi connectivity index (χ4n) is 3.31. The molecule has 0 aliphatic heterocycles. The smallest absolute Gasteiger partial charge is 0.147 e. The van der Waals surface area contributed by atoms with Crippen LogP contribution in [0.1, 0.15) is 71.6 Å². The molecule has 0 spiro atoms. The van der Waals surface area contributed by atoms with Gasteiger partial charge in [-0.05, 0) is 43.3 Å². The summed E-state index contributed by atoms with van der Waals surface area (Å²) in [6.07, 6.45) is 6.23. The largest absolute Gasteiger partial charge is 0.299 e. The molecule has 0 atom stereocenters. The SMILES string of the molecule is C=C=C(CCC)CC1(CC(=C=C)CCC)C(=O)CCCC1=O. The topological polar surface area (TPSA) is 34.1 Å². The van der Waals surface area contributed by atoms with E-state index in [-0.39, 0.29) is 11.6 Å². The molecule has 120 valence electrons. The highest BCUT2D eigenvalue weighted by atomic mass is 16.2. The number of carbonyl (C=O) groups excluding carboxylic acids is 2. The molecule has 0 aromatic carbocycles. The molecule has 0 aromatic rings. The Kier molecular flexibility index (Phi) is 7.32. The molecule has 2 nitrogen and oxygen atoms in total. The lowest BCUT2D eigenvalue weighted by Gasteiger charge is -2.35. The number of hydrogen-bond acceptors (Lipinski definition) is 2. The zero-order valence-electron chi connectivity index (χ0n) is 14.1. The van der Waals surface area contributed by atoms with Crippen LogP contribution >= 0.6 is 0 Å². The van der Waals surface area contributed by atoms with Gasteiger partial charge in [0.2, 0.25) is 0 Å². The Bertz CT molecular complexity index is 478. The van der Waals surface area contributed by atoms with Gasteiger partial charge in [0, 0.05) is 12.8 Å². The first-order chi connectivity index (χ1) is 10.5. The molecule has 1 fully saturated rings. The average Bonchev–Trinajstić information content (AvgIpc) is 2.51. The molecule has 0 heterocycles. The van der Waals surface area contributed by atoms with Crippen molar-refractivity contribution >= 4 is 11.6 Å². The number of ketones is 2. The van der Waals surface area contributed by atoms with Gasteiger partial charge >= 0.3 is 0 Å². The second-order valence-corrected chi connectivity index (χ2v) is 6.20. The monoisotopic (exact) mass is 300 g/mol. The van der Waals surface area contributed by atoms with Crippen LogP contribution in [0.5, 0.6) is 0 Å². The van der Waals surface area contributed by atoms with E-state index in [4.69, 9.17) is 0 Å². The van der Waals surface area contributed by atoms with Crippen LogP contribution < -0.4 is 0 Å². The fourth-order valence-corrected chi connectivity index (χ4v) is 3.31. The van der Waals surface area contributed by atoms with Crippen molar-refractivity contribution in [2.24, 2.45) is 5.41 Å². The average molecular weight is 300 g/mol. The fraction of sp³-hybridized carbons (Fsp3) is 0.600. The van der Waals surface area contributed by atoms with Gasteiger partial charge in [-0.2, -0.15) is 0 Å². The number of Topliss-reactive ketones (excluding diaryl/α,β-unsaturated/α-hetero) is 2. The maximum Gasteiger partial charge on any atom is 0.147 e. The molecule has 0 aromatic heterocycles. The standard InChI is InChI=1S/C20H28O2/c1-5-10-16(7-3)14-20(15-17(8-4)11-6-2)18(21)12-9-13-19(20)22/h3-6,9-15H2,1-2H3. The molecular weight excluding hydrogens is 272 g/mol. The molecule has 1 saturated carbocycles. The van der Waals surface area contributed by atoms with Crippen molar-refractivity contribution in [2.45, 2.75) is 71.6 Å². The van der Waals surface area contributed by atoms with Crippen molar-refractivity contribution in [1.29, 1.82) is 0 Å². The Labute approximate surface area is 134 Å². The van der Waals surface area contributed by atoms with Gasteiger partial charge in [0.25, 0.3) is 0 Å². The van der Waals surface area contributed by atoms with Gasteiger partial charge in [-0.25, -0.2) is 0 Å². The van der Waals surface area contributed by atoms with Crippen LogP contribution in [0.4, 0.5) is 0 Å². The molecule has 2 heteroatoms. The van der Waals surface area contributed by atoms with E-state index in [0.717, 1.165) is 36.8 Å². The van der Waals surface area contributed by atoms with Crippen molar-refractivity contribution in [3.63, 3.8) is 0 Å². The molecule has 1 aliphatic carbocycles. The summed E-state index contributed by atoms with van der Waals surface area (Å²) in [5, 5.41) is 0. The van der Waals surface area contributed by atoms with E-state index in [1.54, 1.807) is 0 Å². The predicted molar refractivity (Wildman–Crippen MR) is 90.7 cm³/mol. The predicted octanol–water partition coefficient (Wildman–Crippen LogP) is 5.10. The third-order valence-electron chi connectivity index (χ3n) is 4.51. The number of hydrogen-bond donors (Lipinski definition) is 0. The maximum atomic E-state index is 12.7. The summed E-state index contributed by atoms with van der Waals surface area (Å²) in [6.45, 7) is 11.7. The number of carbonyl (C=O) groups is 2. The van der Waals surface area contributed by atoms with Crippen LogP contribution in [0.15, 0.2) is 35.8 Å². The van der Waals surface area contributed by atoms with Crippen molar-refractivity contribution in [3.05, 3.63) is 35.8 Å². The van der Waals surface area contributed by atoms with Crippen LogP contribution in [0, 0.1) is 5.41 Å². The van der Waals surface area contributed by atoms with Crippen LogP contribution in [0.25, 0.3) is 0 Å². The van der Waals surface area contributed by atoms with E-state index < -0.39 is 5.41 Å². The van der Waals surface area contributed by atoms with Crippen molar-refractivity contribution < 1.29 is 9.59 Å². The van der Waals surface area contributed by atoms with Crippen LogP contribution in [-0.2, 0) is 9.59 Å². The van der Waals surface area contributed by atoms with Crippen LogP contribution in [0.2, 0.25) is 0 Å². The summed E-state index contributed by atoms with van der Waals surface area (Å²) in [6, 6.07) is 0. The third-order valence-corrected chi connectivity index (χ3v) is 4.51. The summed E-state index contributed by atoms with van der Waals surface area (Å²) < 4.78 is 0. The van der Waals surface area contributed by atoms with E-state index >= 15 is 0 Å². The van der Waals surface area contributed by atoms with E-state index in [2.05, 4.69) is 38.5 Å². The maximum absolute atomic E-state index is 12.7. The van der Waals surface area contributed by atoms with Gasteiger partial charge in [-0.3, -0.25) is 9.59 Å². The van der Waals surface area contributed by atoms with Gasteiger partial charge in [0.05, 0.1) is 5.41 Å². The van der Waals surface area contributed by atoms with E-state index in [1.165, 1.54) is 0 Å². The Morgan fingerprint density at radius 3 is 1.68 bits per heavy atom. The highest BCUT2D eigenvalue weighted by molar-refractivity contribution is 6.09. The first-order valence-corrected chi connectivity index (χ1v) is 8.36. The molecule has 0 unspecified atom stereocenters. The second kappa shape index (κ2) is 8.73. The lowest BCUT2D eigenvalue weighted by molar-refractivity contribution is -0.144. The Hall–Kier alpha value is -1.62. The number of rotatable bonds is 8. The molecule has 1 rings (SSSR count). The molecule has 0 N–H and O–H groups in total. The zero-order chi connectivity index (χ0) is 16.6. The summed E-state index contributed by atoms with van der Waals surface area (Å²) >= 11 is 0. The molecule has 0 radical (unpaired) electrons. The first-order valence-electron chi connectivity index (χ1n) is 8.36. The normalized spacial score (nSPS) is 16.8. The molecule has 1 aliphatic rings. The minimum absolute atomic E-state index is 0.0801. The summed E-state index contributed by atoms with van der Waals surface area (Å²) in [5.41, 5.74) is 6.98. The van der Waals surface area contributed by atoms with Gasteiger partial charge in [0.1, 0.15) is 11.6 Å². The van der Waals surface area contributed by atoms with Gasteiger partial charge in [-0.15, -0.1) is 11.5 Å². The minimum Gasteiger partial charge on any atom is -0.299 e. The quantitative estimate of drug-likeness (QED) is 0.462. The third kappa shape index (κ3) is 4.19. The van der Waals surface area contributed by atoms with E-state index in [1.807, 2.05) is 0 Å². The lowest BCUT2D eigenvalue weighted by atomic mass is 9.64. The number of allylic oxidation sites excluding steroid dienone is 2. The lowest BCUT2D eigenvalue weighted by Crippen LogP contribution is -2.43. The molecule has 22 heavy (non-hydrogen) atoms. The van der Waals surface area contributed by atoms with Crippen LogP contribution in [-0.4, -0.2) is 11.6 Å². The van der Waals surface area contributed by atoms with Gasteiger partial charge < -0.3 is 0 Å². The second-order valence-electron chi connectivity index (χ2n) is 6.20. The Morgan fingerprint density at radius 1 is 0.955 bits per heavy atom. The van der Waals surface area contributed by atoms with Gasteiger partial charge in [-0.1, -0.05) is 39.8 Å². The first kappa shape index (κ1) is 18.4. The zero-order valence-corrected chi connectivity index (χ0v) is 14.1. The summed E-state index contributed by atoms with van der Waals surface area (Å²) in [5.74, 6) is 0.160. The molecule has 0 amide bonds. The van der Waals surface area contributed by atoms with E-state index in [0.29, 0.717) is 32.1 Å². The van der Waals surface area contributed by atoms with Crippen LogP contribution in [0.3, 0.4) is 0 Å². The van der Waals surface area contributed by atoms with Crippen molar-refractivity contribution in [3.8, 4) is 0 Å². The molecule has 0 saturated heterocycles. The molecule has 0 bridgehead atoms. The van der Waals surface area contributed by atoms with Crippen molar-refractivity contribution in [1.82, 2.24) is 0 Å². The van der Waals surface area contributed by atoms with Crippen molar-refractivity contribution in [2.75, 3.05) is 0 Å². The summed E-state index contributed by atoms with van der Waals surface area (Å²) in [4.78, 5) is 25.4. The minimum atomic E-state index is -0.914.